The van der Waals surface area contributed by atoms with Gasteiger partial charge in [0.05, 0.1) is 11.9 Å². The van der Waals surface area contributed by atoms with Crippen molar-refractivity contribution in [1.82, 2.24) is 9.55 Å². The maximum absolute atomic E-state index is 13.8. The molecule has 0 radical (unpaired) electrons. The quantitative estimate of drug-likeness (QED) is 0.373. The van der Waals surface area contributed by atoms with Gasteiger partial charge >= 0.3 is 0 Å². The zero-order chi connectivity index (χ0) is 21.5. The monoisotopic (exact) mass is 428 g/mol. The third kappa shape index (κ3) is 3.74. The van der Waals surface area contributed by atoms with Gasteiger partial charge < -0.3 is 0 Å². The van der Waals surface area contributed by atoms with Crippen molar-refractivity contribution in [2.24, 2.45) is 0 Å². The van der Waals surface area contributed by atoms with Gasteiger partial charge in [0.2, 0.25) is 0 Å². The highest BCUT2D eigenvalue weighted by Crippen LogP contribution is 2.35. The fraction of sp³-hybridized carbons (Fsp3) is 0.333. The van der Waals surface area contributed by atoms with E-state index in [1.54, 1.807) is 11.3 Å². The Hall–Kier alpha value is -2.72. The predicted molar refractivity (Wildman–Crippen MR) is 130 cm³/mol. The summed E-state index contributed by atoms with van der Waals surface area (Å²) in [4.78, 5) is 21.2. The lowest BCUT2D eigenvalue weighted by atomic mass is 9.97. The Morgan fingerprint density at radius 2 is 1.84 bits per heavy atom. The van der Waals surface area contributed by atoms with Crippen molar-refractivity contribution in [2.75, 3.05) is 0 Å². The molecule has 0 aliphatic heterocycles. The van der Waals surface area contributed by atoms with Crippen molar-refractivity contribution >= 4 is 21.6 Å². The molecule has 0 N–H and O–H groups in total. The Bertz CT molecular complexity index is 1310. The van der Waals surface area contributed by atoms with Crippen molar-refractivity contribution in [3.63, 3.8) is 0 Å². The topological polar surface area (TPSA) is 34.9 Å². The molecule has 4 heteroatoms. The highest BCUT2D eigenvalue weighted by molar-refractivity contribution is 7.18. The minimum absolute atomic E-state index is 0.105. The van der Waals surface area contributed by atoms with Gasteiger partial charge in [-0.1, -0.05) is 61.9 Å². The SMILES string of the molecule is Cc1cccc(-c2nc3sc4c(c3c(=O)n2Cc2ccc(C(C)C)cc2)CCCC4)c1. The van der Waals surface area contributed by atoms with Crippen LogP contribution in [0, 0.1) is 6.92 Å². The van der Waals surface area contributed by atoms with E-state index in [-0.39, 0.29) is 5.56 Å². The summed E-state index contributed by atoms with van der Waals surface area (Å²) in [6.45, 7) is 7.02. The van der Waals surface area contributed by atoms with Gasteiger partial charge in [0.25, 0.3) is 5.56 Å². The summed E-state index contributed by atoms with van der Waals surface area (Å²) in [5, 5.41) is 0.856. The lowest BCUT2D eigenvalue weighted by Crippen LogP contribution is -2.24. The molecule has 1 aliphatic carbocycles. The van der Waals surface area contributed by atoms with Crippen LogP contribution in [0.3, 0.4) is 0 Å². The number of nitrogens with zero attached hydrogens (tertiary/aromatic N) is 2. The van der Waals surface area contributed by atoms with Crippen LogP contribution in [-0.2, 0) is 19.4 Å². The molecule has 0 saturated carbocycles. The van der Waals surface area contributed by atoms with E-state index < -0.39 is 0 Å². The van der Waals surface area contributed by atoms with Gasteiger partial charge in [0, 0.05) is 10.4 Å². The molecule has 4 aromatic rings. The molecule has 2 aromatic heterocycles. The maximum Gasteiger partial charge on any atom is 0.263 e. The lowest BCUT2D eigenvalue weighted by Gasteiger charge is -2.15. The molecular formula is C27H28N2OS. The number of aryl methyl sites for hydroxylation is 3. The first-order valence-electron chi connectivity index (χ1n) is 11.2. The summed E-state index contributed by atoms with van der Waals surface area (Å²) in [5.74, 6) is 1.27. The van der Waals surface area contributed by atoms with E-state index >= 15 is 0 Å². The average Bonchev–Trinajstić information content (AvgIpc) is 3.14. The molecule has 0 unspecified atom stereocenters. The largest absolute Gasteiger partial charge is 0.288 e. The van der Waals surface area contributed by atoms with Crippen molar-refractivity contribution in [3.8, 4) is 11.4 Å². The molecule has 0 amide bonds. The molecule has 2 heterocycles. The molecule has 5 rings (SSSR count). The van der Waals surface area contributed by atoms with E-state index in [4.69, 9.17) is 4.98 Å². The van der Waals surface area contributed by atoms with Crippen LogP contribution < -0.4 is 5.56 Å². The number of aromatic nitrogens is 2. The summed E-state index contributed by atoms with van der Waals surface area (Å²) in [6, 6.07) is 17.0. The Morgan fingerprint density at radius 1 is 1.06 bits per heavy atom. The van der Waals surface area contributed by atoms with Gasteiger partial charge in [-0.25, -0.2) is 4.98 Å². The van der Waals surface area contributed by atoms with Gasteiger partial charge in [0.15, 0.2) is 0 Å². The van der Waals surface area contributed by atoms with Crippen molar-refractivity contribution < 1.29 is 0 Å². The van der Waals surface area contributed by atoms with E-state index in [1.807, 2.05) is 10.6 Å². The van der Waals surface area contributed by atoms with Crippen LogP contribution in [0.25, 0.3) is 21.6 Å². The Morgan fingerprint density at radius 3 is 2.58 bits per heavy atom. The first-order chi connectivity index (χ1) is 15.0. The van der Waals surface area contributed by atoms with Crippen LogP contribution in [0.2, 0.25) is 0 Å². The number of fused-ring (bicyclic) bond motifs is 3. The predicted octanol–water partition coefficient (Wildman–Crippen LogP) is 6.48. The normalized spacial score (nSPS) is 13.7. The van der Waals surface area contributed by atoms with Gasteiger partial charge in [-0.3, -0.25) is 9.36 Å². The minimum Gasteiger partial charge on any atom is -0.288 e. The molecular weight excluding hydrogens is 400 g/mol. The summed E-state index contributed by atoms with van der Waals surface area (Å²) < 4.78 is 1.89. The highest BCUT2D eigenvalue weighted by Gasteiger charge is 2.22. The standard InChI is InChI=1S/C27H28N2OS/c1-17(2)20-13-11-19(12-14-20)16-29-25(21-8-6-7-18(3)15-21)28-26-24(27(29)30)22-9-4-5-10-23(22)31-26/h6-8,11-15,17H,4-5,9-10,16H2,1-3H3. The molecule has 158 valence electrons. The molecule has 0 bridgehead atoms. The fourth-order valence-electron chi connectivity index (χ4n) is 4.58. The second-order valence-electron chi connectivity index (χ2n) is 8.98. The molecule has 0 spiro atoms. The van der Waals surface area contributed by atoms with Crippen LogP contribution in [-0.4, -0.2) is 9.55 Å². The minimum atomic E-state index is 0.105. The third-order valence-electron chi connectivity index (χ3n) is 6.34. The third-order valence-corrected chi connectivity index (χ3v) is 7.52. The van der Waals surface area contributed by atoms with Crippen LogP contribution in [0.1, 0.15) is 59.7 Å². The molecule has 0 fully saturated rings. The molecule has 31 heavy (non-hydrogen) atoms. The van der Waals surface area contributed by atoms with E-state index in [0.29, 0.717) is 12.5 Å². The highest BCUT2D eigenvalue weighted by atomic mass is 32.1. The summed E-state index contributed by atoms with van der Waals surface area (Å²) in [7, 11) is 0. The first kappa shape index (κ1) is 20.2. The van der Waals surface area contributed by atoms with Crippen LogP contribution >= 0.6 is 11.3 Å². The average molecular weight is 429 g/mol. The number of thiophene rings is 1. The number of hydrogen-bond donors (Lipinski definition) is 0. The Balaban J connectivity index is 1.71. The van der Waals surface area contributed by atoms with E-state index in [9.17, 15) is 4.79 Å². The second kappa shape index (κ2) is 8.08. The number of hydrogen-bond acceptors (Lipinski definition) is 3. The van der Waals surface area contributed by atoms with Gasteiger partial charge in [-0.05, 0) is 61.3 Å². The van der Waals surface area contributed by atoms with Gasteiger partial charge in [-0.15, -0.1) is 11.3 Å². The summed E-state index contributed by atoms with van der Waals surface area (Å²) in [6.07, 6.45) is 4.45. The van der Waals surface area contributed by atoms with Crippen LogP contribution in [0.5, 0.6) is 0 Å². The molecule has 0 saturated heterocycles. The maximum atomic E-state index is 13.8. The first-order valence-corrected chi connectivity index (χ1v) is 12.0. The number of benzene rings is 2. The van der Waals surface area contributed by atoms with E-state index in [0.717, 1.165) is 46.4 Å². The molecule has 0 atom stereocenters. The molecule has 3 nitrogen and oxygen atoms in total. The zero-order valence-corrected chi connectivity index (χ0v) is 19.3. The van der Waals surface area contributed by atoms with Crippen LogP contribution in [0.4, 0.5) is 0 Å². The van der Waals surface area contributed by atoms with Gasteiger partial charge in [-0.2, -0.15) is 0 Å². The zero-order valence-electron chi connectivity index (χ0n) is 18.4. The van der Waals surface area contributed by atoms with Crippen molar-refractivity contribution in [1.29, 1.82) is 0 Å². The fourth-order valence-corrected chi connectivity index (χ4v) is 5.83. The lowest BCUT2D eigenvalue weighted by molar-refractivity contribution is 0.698. The number of rotatable bonds is 4. The molecule has 2 aromatic carbocycles. The van der Waals surface area contributed by atoms with Crippen LogP contribution in [0.15, 0.2) is 53.3 Å². The van der Waals surface area contributed by atoms with E-state index in [1.165, 1.54) is 28.0 Å². The second-order valence-corrected chi connectivity index (χ2v) is 10.1. The summed E-state index contributed by atoms with van der Waals surface area (Å²) >= 11 is 1.72. The van der Waals surface area contributed by atoms with Crippen molar-refractivity contribution in [3.05, 3.63) is 86.0 Å². The van der Waals surface area contributed by atoms with Gasteiger partial charge in [0.1, 0.15) is 10.7 Å². The van der Waals surface area contributed by atoms with Crippen molar-refractivity contribution in [2.45, 2.75) is 58.9 Å². The Labute approximate surface area is 187 Å². The van der Waals surface area contributed by atoms with E-state index in [2.05, 4.69) is 63.2 Å². The summed E-state index contributed by atoms with van der Waals surface area (Å²) in [5.41, 5.74) is 5.98. The molecule has 1 aliphatic rings. The smallest absolute Gasteiger partial charge is 0.263 e. The Kier molecular flexibility index (Phi) is 5.27.